The molecule has 0 saturated carbocycles. The van der Waals surface area contributed by atoms with Gasteiger partial charge in [-0.05, 0) is 6.07 Å². The molecule has 0 aliphatic carbocycles. The molecule has 1 aromatic carbocycles. The zero-order chi connectivity index (χ0) is 19.4. The van der Waals surface area contributed by atoms with E-state index in [1.165, 1.54) is 23.5 Å². The summed E-state index contributed by atoms with van der Waals surface area (Å²) in [5, 5.41) is 10.0. The molecule has 7 nitrogen and oxygen atoms in total. The third-order valence-corrected chi connectivity index (χ3v) is 5.45. The molecule has 144 valence electrons. The van der Waals surface area contributed by atoms with E-state index >= 15 is 0 Å². The second-order valence-corrected chi connectivity index (χ2v) is 7.51. The first-order valence-electron chi connectivity index (χ1n) is 8.09. The highest BCUT2D eigenvalue weighted by molar-refractivity contribution is 7.98. The van der Waals surface area contributed by atoms with Crippen molar-refractivity contribution in [1.29, 1.82) is 0 Å². The summed E-state index contributed by atoms with van der Waals surface area (Å²) in [5.41, 5.74) is 12.1. The normalized spacial score (nSPS) is 11.3. The molecule has 0 radical (unpaired) electrons. The molecule has 3 rings (SSSR count). The van der Waals surface area contributed by atoms with Crippen LogP contribution in [0.2, 0.25) is 0 Å². The van der Waals surface area contributed by atoms with Crippen LogP contribution < -0.4 is 16.4 Å². The van der Waals surface area contributed by atoms with Crippen LogP contribution in [0.1, 0.15) is 5.56 Å². The lowest BCUT2D eigenvalue weighted by molar-refractivity contribution is 0.302. The minimum Gasteiger partial charge on any atom is -0.395 e. The summed E-state index contributed by atoms with van der Waals surface area (Å²) in [6.07, 6.45) is 0. The average Bonchev–Trinajstić information content (AvgIpc) is 3.02. The van der Waals surface area contributed by atoms with Gasteiger partial charge in [0.15, 0.2) is 33.4 Å². The first-order valence-corrected chi connectivity index (χ1v) is 9.89. The number of nitrogens with two attached hydrogens (primary N) is 2. The molecule has 2 heterocycles. The number of aromatic nitrogens is 3. The number of anilines is 2. The number of hydrogen-bond donors (Lipinski definition) is 3. The summed E-state index contributed by atoms with van der Waals surface area (Å²) in [4.78, 5) is 14.9. The van der Waals surface area contributed by atoms with Gasteiger partial charge in [0.2, 0.25) is 0 Å². The van der Waals surface area contributed by atoms with Gasteiger partial charge < -0.3 is 21.5 Å². The van der Waals surface area contributed by atoms with Gasteiger partial charge in [-0.25, -0.2) is 23.7 Å². The molecule has 27 heavy (non-hydrogen) atoms. The highest BCUT2D eigenvalue weighted by atomic mass is 32.2. The van der Waals surface area contributed by atoms with Crippen LogP contribution in [0.25, 0.3) is 10.3 Å². The number of nitrogens with zero attached hydrogens (tertiary/aromatic N) is 4. The minimum atomic E-state index is -0.894. The van der Waals surface area contributed by atoms with Crippen molar-refractivity contribution in [2.24, 2.45) is 5.73 Å². The Hall–Kier alpha value is -2.08. The van der Waals surface area contributed by atoms with Crippen molar-refractivity contribution in [1.82, 2.24) is 15.0 Å². The lowest BCUT2D eigenvalue weighted by atomic mass is 10.2. The number of aliphatic hydroxyl groups is 1. The van der Waals surface area contributed by atoms with E-state index in [1.807, 2.05) is 4.90 Å². The summed E-state index contributed by atoms with van der Waals surface area (Å²) in [7, 11) is 0. The van der Waals surface area contributed by atoms with Gasteiger partial charge in [0.1, 0.15) is 4.70 Å². The van der Waals surface area contributed by atoms with Crippen molar-refractivity contribution < 1.29 is 13.9 Å². The van der Waals surface area contributed by atoms with Crippen LogP contribution in [0.5, 0.6) is 0 Å². The minimum absolute atomic E-state index is 0.0727. The molecule has 0 bridgehead atoms. The molecule has 2 aromatic heterocycles. The molecule has 0 unspecified atom stereocenters. The number of aliphatic hydroxyl groups excluding tert-OH is 1. The van der Waals surface area contributed by atoms with E-state index in [9.17, 15) is 13.9 Å². The number of fused-ring (bicyclic) bond motifs is 1. The van der Waals surface area contributed by atoms with E-state index in [2.05, 4.69) is 15.0 Å². The molecular formula is C16H18F2N6OS2. The molecule has 0 aliphatic heterocycles. The Balaban J connectivity index is 1.94. The van der Waals surface area contributed by atoms with E-state index in [4.69, 9.17) is 11.5 Å². The Morgan fingerprint density at radius 3 is 2.74 bits per heavy atom. The number of thioether (sulfide) groups is 1. The van der Waals surface area contributed by atoms with E-state index in [0.717, 1.165) is 17.8 Å². The molecule has 0 amide bonds. The first kappa shape index (κ1) is 19.7. The van der Waals surface area contributed by atoms with E-state index < -0.39 is 11.6 Å². The third-order valence-electron chi connectivity index (χ3n) is 3.69. The molecular weight excluding hydrogens is 394 g/mol. The van der Waals surface area contributed by atoms with Crippen LogP contribution >= 0.6 is 23.1 Å². The van der Waals surface area contributed by atoms with Crippen molar-refractivity contribution in [3.05, 3.63) is 35.4 Å². The Labute approximate surface area is 162 Å². The molecule has 0 aliphatic rings. The van der Waals surface area contributed by atoms with Gasteiger partial charge in [-0.1, -0.05) is 35.2 Å². The quantitative estimate of drug-likeness (QED) is 0.380. The number of rotatable bonds is 8. The molecule has 3 aromatic rings. The molecule has 0 saturated heterocycles. The van der Waals surface area contributed by atoms with E-state index in [-0.39, 0.29) is 17.9 Å². The number of hydrogen-bond acceptors (Lipinski definition) is 9. The van der Waals surface area contributed by atoms with Gasteiger partial charge in [0.05, 0.1) is 6.61 Å². The standard InChI is InChI=1S/C16H18F2N6OS2/c17-10-3-1-2-9(11(10)18)8-26-16-22-13-12(27-15(20)21-13)14(23-16)24(5-4-19)6-7-25/h1-3,25H,4-8,19H2,(H2,20,21,22,23). The molecule has 11 heteroatoms. The molecule has 0 spiro atoms. The van der Waals surface area contributed by atoms with E-state index in [0.29, 0.717) is 46.1 Å². The van der Waals surface area contributed by atoms with Crippen molar-refractivity contribution in [3.63, 3.8) is 0 Å². The lowest BCUT2D eigenvalue weighted by Crippen LogP contribution is -2.32. The maximum Gasteiger partial charge on any atom is 0.191 e. The monoisotopic (exact) mass is 412 g/mol. The van der Waals surface area contributed by atoms with Gasteiger partial charge in [-0.3, -0.25) is 0 Å². The molecule has 5 N–H and O–H groups in total. The van der Waals surface area contributed by atoms with Crippen LogP contribution in [-0.2, 0) is 5.75 Å². The van der Waals surface area contributed by atoms with Gasteiger partial charge in [-0.15, -0.1) is 0 Å². The van der Waals surface area contributed by atoms with Crippen LogP contribution in [0.15, 0.2) is 23.4 Å². The summed E-state index contributed by atoms with van der Waals surface area (Å²) < 4.78 is 27.9. The fourth-order valence-electron chi connectivity index (χ4n) is 2.49. The maximum atomic E-state index is 13.9. The second kappa shape index (κ2) is 8.74. The van der Waals surface area contributed by atoms with Crippen molar-refractivity contribution in [3.8, 4) is 0 Å². The Morgan fingerprint density at radius 2 is 2.00 bits per heavy atom. The number of benzene rings is 1. The largest absolute Gasteiger partial charge is 0.395 e. The van der Waals surface area contributed by atoms with E-state index in [1.54, 1.807) is 0 Å². The summed E-state index contributed by atoms with van der Waals surface area (Å²) in [6, 6.07) is 4.04. The van der Waals surface area contributed by atoms with Gasteiger partial charge in [-0.2, -0.15) is 0 Å². The zero-order valence-corrected chi connectivity index (χ0v) is 15.9. The third kappa shape index (κ3) is 4.43. The Morgan fingerprint density at radius 1 is 1.19 bits per heavy atom. The molecule has 0 fully saturated rings. The van der Waals surface area contributed by atoms with Crippen LogP contribution in [-0.4, -0.2) is 46.3 Å². The predicted octanol–water partition coefficient (Wildman–Crippen LogP) is 2.00. The topological polar surface area (TPSA) is 114 Å². The molecule has 0 atom stereocenters. The summed E-state index contributed by atoms with van der Waals surface area (Å²) in [6.45, 7) is 1.12. The predicted molar refractivity (Wildman–Crippen MR) is 104 cm³/mol. The Bertz CT molecular complexity index is 933. The second-order valence-electron chi connectivity index (χ2n) is 5.54. The number of halogens is 2. The van der Waals surface area contributed by atoms with Crippen molar-refractivity contribution in [2.45, 2.75) is 10.9 Å². The summed E-state index contributed by atoms with van der Waals surface area (Å²) in [5.74, 6) is -1.05. The van der Waals surface area contributed by atoms with Crippen LogP contribution in [0.4, 0.5) is 19.7 Å². The maximum absolute atomic E-state index is 13.9. The highest BCUT2D eigenvalue weighted by Gasteiger charge is 2.18. The fraction of sp³-hybridized carbons (Fsp3) is 0.312. The first-order chi connectivity index (χ1) is 13.0. The fourth-order valence-corrected chi connectivity index (χ4v) is 4.09. The summed E-state index contributed by atoms with van der Waals surface area (Å²) >= 11 is 2.41. The van der Waals surface area contributed by atoms with Crippen molar-refractivity contribution in [2.75, 3.05) is 36.9 Å². The van der Waals surface area contributed by atoms with Crippen LogP contribution in [0.3, 0.4) is 0 Å². The van der Waals surface area contributed by atoms with Gasteiger partial charge >= 0.3 is 0 Å². The number of nitrogen functional groups attached to an aromatic ring is 1. The van der Waals surface area contributed by atoms with Gasteiger partial charge in [0.25, 0.3) is 0 Å². The van der Waals surface area contributed by atoms with Crippen molar-refractivity contribution >= 4 is 44.4 Å². The van der Waals surface area contributed by atoms with Gasteiger partial charge in [0, 0.05) is 31.0 Å². The zero-order valence-electron chi connectivity index (χ0n) is 14.2. The van der Waals surface area contributed by atoms with Crippen LogP contribution in [0, 0.1) is 11.6 Å². The SMILES string of the molecule is NCCN(CCO)c1nc(SCc2cccc(F)c2F)nc2nc(N)sc12. The highest BCUT2D eigenvalue weighted by Crippen LogP contribution is 2.33. The average molecular weight is 412 g/mol. The Kier molecular flexibility index (Phi) is 6.37. The number of thiazole rings is 1. The smallest absolute Gasteiger partial charge is 0.191 e. The lowest BCUT2D eigenvalue weighted by Gasteiger charge is -2.22.